The van der Waals surface area contributed by atoms with Gasteiger partial charge in [-0.1, -0.05) is 6.07 Å². The predicted molar refractivity (Wildman–Crippen MR) is 72.5 cm³/mol. The maximum absolute atomic E-state index is 5.65. The number of hydrogen-bond acceptors (Lipinski definition) is 5. The van der Waals surface area contributed by atoms with Crippen molar-refractivity contribution in [2.45, 2.75) is 6.61 Å². The van der Waals surface area contributed by atoms with Crippen LogP contribution in [0.15, 0.2) is 36.4 Å². The Labute approximate surface area is 111 Å². The fourth-order valence-electron chi connectivity index (χ4n) is 1.60. The zero-order chi connectivity index (χ0) is 13.7. The normalized spacial score (nSPS) is 10.0. The number of methoxy groups -OCH3 is 2. The first kappa shape index (κ1) is 13.0. The highest BCUT2D eigenvalue weighted by atomic mass is 16.5. The number of nitrogens with two attached hydrogens (primary N) is 1. The number of benzene rings is 1. The monoisotopic (exact) mass is 260 g/mol. The number of ether oxygens (including phenoxy) is 3. The van der Waals surface area contributed by atoms with Crippen molar-refractivity contribution in [2.75, 3.05) is 20.0 Å². The molecule has 0 radical (unpaired) electrons. The summed E-state index contributed by atoms with van der Waals surface area (Å²) in [6, 6.07) is 10.8. The van der Waals surface area contributed by atoms with Crippen LogP contribution in [-0.4, -0.2) is 19.2 Å². The molecule has 0 fully saturated rings. The molecular formula is C14H16N2O3. The zero-order valence-electron chi connectivity index (χ0n) is 10.9. The quantitative estimate of drug-likeness (QED) is 0.893. The summed E-state index contributed by atoms with van der Waals surface area (Å²) in [4.78, 5) is 4.16. The highest BCUT2D eigenvalue weighted by Crippen LogP contribution is 2.27. The molecule has 0 aliphatic heterocycles. The summed E-state index contributed by atoms with van der Waals surface area (Å²) in [7, 11) is 3.19. The summed E-state index contributed by atoms with van der Waals surface area (Å²) < 4.78 is 16.0. The molecule has 2 aromatic rings. The molecule has 0 aliphatic rings. The molecule has 0 aliphatic carbocycles. The molecule has 19 heavy (non-hydrogen) atoms. The van der Waals surface area contributed by atoms with Gasteiger partial charge in [-0.25, -0.2) is 4.98 Å². The second kappa shape index (κ2) is 5.95. The van der Waals surface area contributed by atoms with Crippen molar-refractivity contribution >= 4 is 5.82 Å². The van der Waals surface area contributed by atoms with Gasteiger partial charge in [0.2, 0.25) is 0 Å². The summed E-state index contributed by atoms with van der Waals surface area (Å²) in [6.07, 6.45) is 0. The Balaban J connectivity index is 2.10. The number of anilines is 1. The number of aromatic nitrogens is 1. The van der Waals surface area contributed by atoms with Crippen molar-refractivity contribution in [3.63, 3.8) is 0 Å². The van der Waals surface area contributed by atoms with Crippen molar-refractivity contribution in [3.05, 3.63) is 42.1 Å². The molecule has 1 aromatic carbocycles. The number of pyridine rings is 1. The van der Waals surface area contributed by atoms with E-state index < -0.39 is 0 Å². The van der Waals surface area contributed by atoms with Crippen LogP contribution in [0, 0.1) is 0 Å². The van der Waals surface area contributed by atoms with Gasteiger partial charge in [0.25, 0.3) is 0 Å². The van der Waals surface area contributed by atoms with E-state index in [0.717, 1.165) is 5.69 Å². The van der Waals surface area contributed by atoms with E-state index in [1.165, 1.54) is 0 Å². The summed E-state index contributed by atoms with van der Waals surface area (Å²) in [5, 5.41) is 0. The van der Waals surface area contributed by atoms with E-state index in [0.29, 0.717) is 29.7 Å². The van der Waals surface area contributed by atoms with Gasteiger partial charge in [-0.3, -0.25) is 0 Å². The summed E-state index contributed by atoms with van der Waals surface area (Å²) in [6.45, 7) is 0.335. The van der Waals surface area contributed by atoms with E-state index in [4.69, 9.17) is 19.9 Å². The van der Waals surface area contributed by atoms with E-state index >= 15 is 0 Å². The van der Waals surface area contributed by atoms with Crippen LogP contribution < -0.4 is 19.9 Å². The van der Waals surface area contributed by atoms with Crippen LogP contribution in [0.1, 0.15) is 5.69 Å². The Bertz CT molecular complexity index is 536. The van der Waals surface area contributed by atoms with Crippen LogP contribution in [-0.2, 0) is 6.61 Å². The van der Waals surface area contributed by atoms with Gasteiger partial charge >= 0.3 is 0 Å². The van der Waals surface area contributed by atoms with Crippen LogP contribution in [0.3, 0.4) is 0 Å². The number of nitrogens with zero attached hydrogens (tertiary/aromatic N) is 1. The zero-order valence-corrected chi connectivity index (χ0v) is 10.9. The van der Waals surface area contributed by atoms with Crippen molar-refractivity contribution < 1.29 is 14.2 Å². The van der Waals surface area contributed by atoms with Gasteiger partial charge in [0, 0.05) is 18.2 Å². The van der Waals surface area contributed by atoms with E-state index in [2.05, 4.69) is 4.98 Å². The average Bonchev–Trinajstić information content (AvgIpc) is 2.44. The summed E-state index contributed by atoms with van der Waals surface area (Å²) in [5.74, 6) is 2.48. The van der Waals surface area contributed by atoms with E-state index in [-0.39, 0.29) is 0 Å². The summed E-state index contributed by atoms with van der Waals surface area (Å²) >= 11 is 0. The molecule has 5 heteroatoms. The van der Waals surface area contributed by atoms with Crippen LogP contribution in [0.4, 0.5) is 5.82 Å². The Morgan fingerprint density at radius 2 is 1.63 bits per heavy atom. The molecule has 2 rings (SSSR count). The van der Waals surface area contributed by atoms with Gasteiger partial charge < -0.3 is 19.9 Å². The van der Waals surface area contributed by atoms with E-state index in [1.807, 2.05) is 12.1 Å². The van der Waals surface area contributed by atoms with Gasteiger partial charge in [-0.2, -0.15) is 0 Å². The van der Waals surface area contributed by atoms with Crippen molar-refractivity contribution in [3.8, 4) is 17.2 Å². The predicted octanol–water partition coefficient (Wildman–Crippen LogP) is 2.26. The third-order valence-electron chi connectivity index (χ3n) is 2.54. The second-order valence-electron chi connectivity index (χ2n) is 3.89. The molecule has 0 unspecified atom stereocenters. The van der Waals surface area contributed by atoms with Crippen LogP contribution in [0.25, 0.3) is 0 Å². The molecular weight excluding hydrogens is 244 g/mol. The van der Waals surface area contributed by atoms with Crippen molar-refractivity contribution in [2.24, 2.45) is 0 Å². The lowest BCUT2D eigenvalue weighted by Crippen LogP contribution is -2.01. The third-order valence-corrected chi connectivity index (χ3v) is 2.54. The van der Waals surface area contributed by atoms with Gasteiger partial charge in [0.1, 0.15) is 29.7 Å². The third kappa shape index (κ3) is 3.51. The molecule has 100 valence electrons. The summed E-state index contributed by atoms with van der Waals surface area (Å²) in [5.41, 5.74) is 6.38. The SMILES string of the molecule is COc1cc(OC)cc(OCc2cccc(N)n2)c1. The molecule has 0 atom stereocenters. The van der Waals surface area contributed by atoms with Crippen LogP contribution >= 0.6 is 0 Å². The first-order valence-electron chi connectivity index (χ1n) is 5.78. The highest BCUT2D eigenvalue weighted by molar-refractivity contribution is 5.42. The topological polar surface area (TPSA) is 66.6 Å². The number of rotatable bonds is 5. The van der Waals surface area contributed by atoms with E-state index in [9.17, 15) is 0 Å². The minimum atomic E-state index is 0.335. The lowest BCUT2D eigenvalue weighted by atomic mass is 10.3. The molecule has 2 N–H and O–H groups in total. The number of hydrogen-bond donors (Lipinski definition) is 1. The minimum Gasteiger partial charge on any atom is -0.496 e. The molecule has 0 spiro atoms. The van der Waals surface area contributed by atoms with Gasteiger partial charge in [-0.15, -0.1) is 0 Å². The number of nitrogen functional groups attached to an aromatic ring is 1. The lowest BCUT2D eigenvalue weighted by Gasteiger charge is -2.10. The fraction of sp³-hybridized carbons (Fsp3) is 0.214. The van der Waals surface area contributed by atoms with Crippen molar-refractivity contribution in [1.82, 2.24) is 4.98 Å². The van der Waals surface area contributed by atoms with Crippen molar-refractivity contribution in [1.29, 1.82) is 0 Å². The van der Waals surface area contributed by atoms with E-state index in [1.54, 1.807) is 38.5 Å². The Kier molecular flexibility index (Phi) is 4.07. The Morgan fingerprint density at radius 3 is 2.21 bits per heavy atom. The van der Waals surface area contributed by atoms with Gasteiger partial charge in [0.05, 0.1) is 19.9 Å². The molecule has 0 bridgehead atoms. The minimum absolute atomic E-state index is 0.335. The molecule has 1 heterocycles. The Hall–Kier alpha value is -2.43. The van der Waals surface area contributed by atoms with Crippen LogP contribution in [0.2, 0.25) is 0 Å². The fourth-order valence-corrected chi connectivity index (χ4v) is 1.60. The largest absolute Gasteiger partial charge is 0.496 e. The first-order chi connectivity index (χ1) is 9.21. The molecule has 5 nitrogen and oxygen atoms in total. The average molecular weight is 260 g/mol. The standard InChI is InChI=1S/C14H16N2O3/c1-17-11-6-12(18-2)8-13(7-11)19-9-10-4-3-5-14(15)16-10/h3-8H,9H2,1-2H3,(H2,15,16). The Morgan fingerprint density at radius 1 is 1.00 bits per heavy atom. The molecule has 0 saturated carbocycles. The lowest BCUT2D eigenvalue weighted by molar-refractivity contribution is 0.296. The van der Waals surface area contributed by atoms with Gasteiger partial charge in [-0.05, 0) is 12.1 Å². The first-order valence-corrected chi connectivity index (χ1v) is 5.78. The smallest absolute Gasteiger partial charge is 0.130 e. The molecule has 1 aromatic heterocycles. The van der Waals surface area contributed by atoms with Gasteiger partial charge in [0.15, 0.2) is 0 Å². The maximum Gasteiger partial charge on any atom is 0.130 e. The van der Waals surface area contributed by atoms with Crippen LogP contribution in [0.5, 0.6) is 17.2 Å². The highest BCUT2D eigenvalue weighted by Gasteiger charge is 2.04. The second-order valence-corrected chi connectivity index (χ2v) is 3.89. The maximum atomic E-state index is 5.65. The molecule has 0 saturated heterocycles. The molecule has 0 amide bonds.